The largest absolute Gasteiger partial charge is 0.478 e. The van der Waals surface area contributed by atoms with Gasteiger partial charge in [0.2, 0.25) is 0 Å². The number of carboxylic acid groups (broad SMARTS) is 1. The Labute approximate surface area is 70.0 Å². The Morgan fingerprint density at radius 2 is 2.17 bits per heavy atom. The average molecular weight is 173 g/mol. The van der Waals surface area contributed by atoms with Crippen LogP contribution in [0.1, 0.15) is 13.8 Å². The second kappa shape index (κ2) is 5.17. The van der Waals surface area contributed by atoms with E-state index in [1.54, 1.807) is 6.92 Å². The molecule has 0 bridgehead atoms. The number of aliphatic carboxylic acids is 1. The van der Waals surface area contributed by atoms with Gasteiger partial charge in [-0.05, 0) is 13.8 Å². The minimum Gasteiger partial charge on any atom is -0.478 e. The van der Waals surface area contributed by atoms with Crippen LogP contribution in [0.15, 0.2) is 11.8 Å². The van der Waals surface area contributed by atoms with Crippen molar-refractivity contribution in [1.82, 2.24) is 5.32 Å². The van der Waals surface area contributed by atoms with Crippen LogP contribution in [0.3, 0.4) is 0 Å². The van der Waals surface area contributed by atoms with Gasteiger partial charge in [0.15, 0.2) is 0 Å². The molecule has 1 amide bonds. The molecule has 12 heavy (non-hydrogen) atoms. The van der Waals surface area contributed by atoms with Crippen molar-refractivity contribution in [2.45, 2.75) is 13.8 Å². The topological polar surface area (TPSA) is 75.6 Å². The predicted molar refractivity (Wildman–Crippen MR) is 41.6 cm³/mol. The molecule has 2 N–H and O–H groups in total. The highest BCUT2D eigenvalue weighted by atomic mass is 16.5. The third-order valence-corrected chi connectivity index (χ3v) is 1.02. The van der Waals surface area contributed by atoms with Crippen molar-refractivity contribution in [3.05, 3.63) is 11.8 Å². The second-order valence-corrected chi connectivity index (χ2v) is 2.00. The molecule has 0 fully saturated rings. The van der Waals surface area contributed by atoms with Gasteiger partial charge in [0, 0.05) is 6.20 Å². The van der Waals surface area contributed by atoms with Gasteiger partial charge < -0.3 is 9.84 Å². The van der Waals surface area contributed by atoms with Gasteiger partial charge >= 0.3 is 12.1 Å². The maximum absolute atomic E-state index is 10.6. The molecule has 5 nitrogen and oxygen atoms in total. The first-order valence-electron chi connectivity index (χ1n) is 3.41. The maximum Gasteiger partial charge on any atom is 0.411 e. The number of carbonyl (C=O) groups excluding carboxylic acids is 1. The summed E-state index contributed by atoms with van der Waals surface area (Å²) < 4.78 is 4.48. The van der Waals surface area contributed by atoms with E-state index in [0.29, 0.717) is 0 Å². The Morgan fingerprint density at radius 1 is 1.58 bits per heavy atom. The monoisotopic (exact) mass is 173 g/mol. The number of alkyl carbamates (subject to hydrolysis) is 1. The van der Waals surface area contributed by atoms with Crippen molar-refractivity contribution >= 4 is 12.1 Å². The first kappa shape index (κ1) is 10.5. The molecule has 0 aromatic heterocycles. The Kier molecular flexibility index (Phi) is 4.52. The van der Waals surface area contributed by atoms with Gasteiger partial charge in [0.1, 0.15) is 0 Å². The number of hydrogen-bond donors (Lipinski definition) is 2. The van der Waals surface area contributed by atoms with E-state index >= 15 is 0 Å². The highest BCUT2D eigenvalue weighted by molar-refractivity contribution is 5.86. The first-order chi connectivity index (χ1) is 5.57. The SMILES string of the molecule is CCOC(=O)N/C=C(/C)C(=O)O. The number of hydrogen-bond acceptors (Lipinski definition) is 3. The fraction of sp³-hybridized carbons (Fsp3) is 0.429. The van der Waals surface area contributed by atoms with Crippen LogP contribution in [-0.4, -0.2) is 23.8 Å². The van der Waals surface area contributed by atoms with Crippen LogP contribution in [0, 0.1) is 0 Å². The fourth-order valence-corrected chi connectivity index (χ4v) is 0.402. The summed E-state index contributed by atoms with van der Waals surface area (Å²) in [4.78, 5) is 20.8. The van der Waals surface area contributed by atoms with Crippen LogP contribution in [-0.2, 0) is 9.53 Å². The molecule has 0 rings (SSSR count). The lowest BCUT2D eigenvalue weighted by Gasteiger charge is -1.99. The summed E-state index contributed by atoms with van der Waals surface area (Å²) in [7, 11) is 0. The summed E-state index contributed by atoms with van der Waals surface area (Å²) in [6.07, 6.45) is 0.429. The molecule has 0 saturated heterocycles. The second-order valence-electron chi connectivity index (χ2n) is 2.00. The standard InChI is InChI=1S/C7H11NO4/c1-3-12-7(11)8-4-5(2)6(9)10/h4H,3H2,1-2H3,(H,8,11)(H,9,10)/b5-4-. The summed E-state index contributed by atoms with van der Waals surface area (Å²) >= 11 is 0. The van der Waals surface area contributed by atoms with Gasteiger partial charge in [-0.1, -0.05) is 0 Å². The third kappa shape index (κ3) is 4.32. The van der Waals surface area contributed by atoms with Gasteiger partial charge in [-0.25, -0.2) is 9.59 Å². The van der Waals surface area contributed by atoms with E-state index in [1.165, 1.54) is 6.92 Å². The summed E-state index contributed by atoms with van der Waals surface area (Å²) in [6.45, 7) is 3.29. The number of carboxylic acids is 1. The van der Waals surface area contributed by atoms with Crippen LogP contribution in [0.2, 0.25) is 0 Å². The van der Waals surface area contributed by atoms with Gasteiger partial charge in [0.25, 0.3) is 0 Å². The molecule has 0 aromatic carbocycles. The molecular weight excluding hydrogens is 162 g/mol. The maximum atomic E-state index is 10.6. The summed E-state index contributed by atoms with van der Waals surface area (Å²) in [5, 5.41) is 10.5. The third-order valence-electron chi connectivity index (χ3n) is 1.02. The number of ether oxygens (including phenoxy) is 1. The number of nitrogens with one attached hydrogen (secondary N) is 1. The summed E-state index contributed by atoms with van der Waals surface area (Å²) in [6, 6.07) is 0. The van der Waals surface area contributed by atoms with Crippen molar-refractivity contribution in [2.24, 2.45) is 0 Å². The molecule has 0 heterocycles. The van der Waals surface area contributed by atoms with Crippen molar-refractivity contribution in [2.75, 3.05) is 6.61 Å². The molecule has 0 unspecified atom stereocenters. The fourth-order valence-electron chi connectivity index (χ4n) is 0.402. The Balaban J connectivity index is 3.87. The van der Waals surface area contributed by atoms with E-state index in [-0.39, 0.29) is 12.2 Å². The lowest BCUT2D eigenvalue weighted by molar-refractivity contribution is -0.132. The van der Waals surface area contributed by atoms with E-state index in [1.807, 2.05) is 0 Å². The number of carbonyl (C=O) groups is 2. The van der Waals surface area contributed by atoms with Crippen molar-refractivity contribution < 1.29 is 19.4 Å². The average Bonchev–Trinajstić information content (AvgIpc) is 2.00. The first-order valence-corrected chi connectivity index (χ1v) is 3.41. The molecule has 0 radical (unpaired) electrons. The van der Waals surface area contributed by atoms with Gasteiger partial charge in [-0.15, -0.1) is 0 Å². The molecule has 0 saturated carbocycles. The van der Waals surface area contributed by atoms with E-state index in [2.05, 4.69) is 10.1 Å². The lowest BCUT2D eigenvalue weighted by Crippen LogP contribution is -2.19. The minimum absolute atomic E-state index is 0.0445. The predicted octanol–water partition coefficient (Wildman–Crippen LogP) is 0.721. The van der Waals surface area contributed by atoms with E-state index < -0.39 is 12.1 Å². The normalized spacial score (nSPS) is 10.7. The smallest absolute Gasteiger partial charge is 0.411 e. The van der Waals surface area contributed by atoms with Crippen molar-refractivity contribution in [1.29, 1.82) is 0 Å². The van der Waals surface area contributed by atoms with Crippen molar-refractivity contribution in [3.63, 3.8) is 0 Å². The van der Waals surface area contributed by atoms with Gasteiger partial charge in [-0.3, -0.25) is 5.32 Å². The Bertz CT molecular complexity index is 209. The number of amides is 1. The van der Waals surface area contributed by atoms with Gasteiger partial charge in [0.05, 0.1) is 12.2 Å². The van der Waals surface area contributed by atoms with E-state index in [4.69, 9.17) is 5.11 Å². The van der Waals surface area contributed by atoms with Crippen LogP contribution >= 0.6 is 0 Å². The highest BCUT2D eigenvalue weighted by Gasteiger charge is 2.01. The summed E-state index contributed by atoms with van der Waals surface area (Å²) in [5.74, 6) is -1.08. The summed E-state index contributed by atoms with van der Waals surface area (Å²) in [5.41, 5.74) is 0.0445. The molecule has 0 aromatic rings. The number of rotatable bonds is 3. The van der Waals surface area contributed by atoms with Crippen LogP contribution in [0.25, 0.3) is 0 Å². The highest BCUT2D eigenvalue weighted by Crippen LogP contribution is 1.88. The van der Waals surface area contributed by atoms with Crippen molar-refractivity contribution in [3.8, 4) is 0 Å². The zero-order chi connectivity index (χ0) is 9.56. The molecule has 68 valence electrons. The molecule has 0 atom stereocenters. The zero-order valence-corrected chi connectivity index (χ0v) is 6.96. The molecule has 0 aliphatic heterocycles. The van der Waals surface area contributed by atoms with Crippen LogP contribution in [0.4, 0.5) is 4.79 Å². The zero-order valence-electron chi connectivity index (χ0n) is 6.96. The molecule has 0 spiro atoms. The van der Waals surface area contributed by atoms with E-state index in [9.17, 15) is 9.59 Å². The van der Waals surface area contributed by atoms with Crippen LogP contribution < -0.4 is 5.32 Å². The Morgan fingerprint density at radius 3 is 2.58 bits per heavy atom. The quantitative estimate of drug-likeness (QED) is 0.616. The molecular formula is C7H11NO4. The Hall–Kier alpha value is -1.52. The lowest BCUT2D eigenvalue weighted by atomic mass is 10.3. The van der Waals surface area contributed by atoms with E-state index in [0.717, 1.165) is 6.20 Å². The molecule has 5 heteroatoms. The molecule has 0 aliphatic carbocycles. The minimum atomic E-state index is -1.08. The molecule has 0 aliphatic rings. The van der Waals surface area contributed by atoms with Gasteiger partial charge in [-0.2, -0.15) is 0 Å². The van der Waals surface area contributed by atoms with Crippen LogP contribution in [0.5, 0.6) is 0 Å².